The Morgan fingerprint density at radius 3 is 1.36 bits per heavy atom. The molecule has 0 radical (unpaired) electrons. The Morgan fingerprint density at radius 2 is 1.04 bits per heavy atom. The van der Waals surface area contributed by atoms with Gasteiger partial charge in [-0.3, -0.25) is 9.59 Å². The van der Waals surface area contributed by atoms with E-state index in [1.165, 1.54) is 0 Å². The van der Waals surface area contributed by atoms with Crippen molar-refractivity contribution >= 4 is 11.8 Å². The van der Waals surface area contributed by atoms with E-state index in [0.717, 1.165) is 38.5 Å². The fraction of sp³-hybridized carbons (Fsp3) is 0.667. The van der Waals surface area contributed by atoms with Crippen LogP contribution in [0.25, 0.3) is 0 Å². The summed E-state index contributed by atoms with van der Waals surface area (Å²) in [5, 5.41) is 6.09. The molecule has 0 aliphatic carbocycles. The lowest BCUT2D eigenvalue weighted by atomic mass is 10.0. The molecule has 0 heterocycles. The van der Waals surface area contributed by atoms with Gasteiger partial charge in [0.1, 0.15) is 0 Å². The van der Waals surface area contributed by atoms with Crippen LogP contribution in [-0.2, 0) is 0 Å². The summed E-state index contributed by atoms with van der Waals surface area (Å²) in [6.45, 7) is 12.9. The van der Waals surface area contributed by atoms with Crippen molar-refractivity contribution < 1.29 is 9.59 Å². The molecule has 0 aliphatic heterocycles. The van der Waals surface area contributed by atoms with E-state index >= 15 is 0 Å². The fourth-order valence-electron chi connectivity index (χ4n) is 3.29. The zero-order valence-corrected chi connectivity index (χ0v) is 18.7. The first-order valence-corrected chi connectivity index (χ1v) is 10.9. The van der Waals surface area contributed by atoms with Gasteiger partial charge in [0.05, 0.1) is 11.1 Å². The van der Waals surface area contributed by atoms with Gasteiger partial charge in [0.25, 0.3) is 11.8 Å². The number of hydrogen-bond acceptors (Lipinski definition) is 2. The first-order valence-electron chi connectivity index (χ1n) is 10.9. The minimum absolute atomic E-state index is 0.0947. The highest BCUT2D eigenvalue weighted by Crippen LogP contribution is 2.13. The summed E-state index contributed by atoms with van der Waals surface area (Å²) in [6, 6.07) is 7.26. The lowest BCUT2D eigenvalue weighted by Crippen LogP contribution is -2.36. The summed E-state index contributed by atoms with van der Waals surface area (Å²) in [4.78, 5) is 25.4. The molecular formula is C24H40N2O2. The minimum atomic E-state index is -0.171. The van der Waals surface area contributed by atoms with Crippen LogP contribution in [0, 0.1) is 11.8 Å². The second-order valence-electron chi connectivity index (χ2n) is 8.94. The predicted molar refractivity (Wildman–Crippen MR) is 118 cm³/mol. The van der Waals surface area contributed by atoms with Crippen molar-refractivity contribution in [2.24, 2.45) is 11.8 Å². The SMILES string of the molecule is CC(C)CCC[C@@H](C)NC(=O)c1ccccc1C(=O)N[C@H](C)CCCC(C)C. The number of benzene rings is 1. The normalized spacial score (nSPS) is 13.4. The molecule has 0 spiro atoms. The highest BCUT2D eigenvalue weighted by Gasteiger charge is 2.19. The Hall–Kier alpha value is -1.84. The molecule has 0 aromatic heterocycles. The molecule has 1 rings (SSSR count). The van der Waals surface area contributed by atoms with Crippen LogP contribution < -0.4 is 10.6 Å². The molecule has 0 fully saturated rings. The van der Waals surface area contributed by atoms with Gasteiger partial charge in [-0.1, -0.05) is 65.5 Å². The highest BCUT2D eigenvalue weighted by molar-refractivity contribution is 6.07. The molecule has 0 aliphatic rings. The van der Waals surface area contributed by atoms with Gasteiger partial charge in [0.15, 0.2) is 0 Å². The van der Waals surface area contributed by atoms with Crippen LogP contribution in [0.15, 0.2) is 24.3 Å². The Bertz CT molecular complexity index is 557. The van der Waals surface area contributed by atoms with E-state index < -0.39 is 0 Å². The van der Waals surface area contributed by atoms with E-state index in [1.807, 2.05) is 13.8 Å². The highest BCUT2D eigenvalue weighted by atomic mass is 16.2. The van der Waals surface area contributed by atoms with Gasteiger partial charge in [0, 0.05) is 12.1 Å². The van der Waals surface area contributed by atoms with E-state index in [1.54, 1.807) is 24.3 Å². The molecule has 4 nitrogen and oxygen atoms in total. The molecule has 0 saturated carbocycles. The van der Waals surface area contributed by atoms with Gasteiger partial charge in [-0.25, -0.2) is 0 Å². The standard InChI is InChI=1S/C24H40N2O2/c1-17(2)11-9-13-19(5)25-23(27)21-15-7-8-16-22(21)24(28)26-20(6)14-10-12-18(3)4/h7-8,15-20H,9-14H2,1-6H3,(H,25,27)(H,26,28)/t19-,20-/m1/s1. The summed E-state index contributed by atoms with van der Waals surface area (Å²) in [7, 11) is 0. The van der Waals surface area contributed by atoms with Crippen molar-refractivity contribution in [1.82, 2.24) is 10.6 Å². The Kier molecular flexibility index (Phi) is 10.9. The van der Waals surface area contributed by atoms with Crippen LogP contribution in [0.1, 0.15) is 101 Å². The van der Waals surface area contributed by atoms with Crippen molar-refractivity contribution in [2.45, 2.75) is 92.2 Å². The molecular weight excluding hydrogens is 348 g/mol. The smallest absolute Gasteiger partial charge is 0.252 e. The third-order valence-corrected chi connectivity index (χ3v) is 5.01. The minimum Gasteiger partial charge on any atom is -0.350 e. The lowest BCUT2D eigenvalue weighted by Gasteiger charge is -2.18. The molecule has 4 heteroatoms. The Labute approximate surface area is 171 Å². The van der Waals surface area contributed by atoms with Crippen LogP contribution in [0.2, 0.25) is 0 Å². The average Bonchev–Trinajstić information content (AvgIpc) is 2.60. The molecule has 2 N–H and O–H groups in total. The van der Waals surface area contributed by atoms with Crippen LogP contribution in [0.4, 0.5) is 0 Å². The summed E-state index contributed by atoms with van der Waals surface area (Å²) in [6.07, 6.45) is 6.41. The van der Waals surface area contributed by atoms with Gasteiger partial charge in [-0.15, -0.1) is 0 Å². The Morgan fingerprint density at radius 1 is 0.679 bits per heavy atom. The zero-order valence-electron chi connectivity index (χ0n) is 18.7. The number of rotatable bonds is 12. The molecule has 2 amide bonds. The van der Waals surface area contributed by atoms with E-state index in [9.17, 15) is 9.59 Å². The van der Waals surface area contributed by atoms with Gasteiger partial charge < -0.3 is 10.6 Å². The quantitative estimate of drug-likeness (QED) is 0.491. The second kappa shape index (κ2) is 12.6. The largest absolute Gasteiger partial charge is 0.350 e. The second-order valence-corrected chi connectivity index (χ2v) is 8.94. The number of amides is 2. The summed E-state index contributed by atoms with van der Waals surface area (Å²) >= 11 is 0. The maximum Gasteiger partial charge on any atom is 0.252 e. The van der Waals surface area contributed by atoms with Crippen LogP contribution in [0.5, 0.6) is 0 Å². The lowest BCUT2D eigenvalue weighted by molar-refractivity contribution is 0.0902. The van der Waals surface area contributed by atoms with Crippen molar-refractivity contribution in [3.63, 3.8) is 0 Å². The first kappa shape index (κ1) is 24.2. The third-order valence-electron chi connectivity index (χ3n) is 5.01. The first-order chi connectivity index (χ1) is 13.2. The average molecular weight is 389 g/mol. The van der Waals surface area contributed by atoms with Gasteiger partial charge in [-0.2, -0.15) is 0 Å². The monoisotopic (exact) mass is 388 g/mol. The van der Waals surface area contributed by atoms with E-state index in [4.69, 9.17) is 0 Å². The predicted octanol–water partition coefficient (Wildman–Crippen LogP) is 5.58. The number of hydrogen-bond donors (Lipinski definition) is 2. The van der Waals surface area contributed by atoms with Crippen molar-refractivity contribution in [2.75, 3.05) is 0 Å². The molecule has 1 aromatic carbocycles. The molecule has 28 heavy (non-hydrogen) atoms. The van der Waals surface area contributed by atoms with Crippen molar-refractivity contribution in [1.29, 1.82) is 0 Å². The topological polar surface area (TPSA) is 58.2 Å². The zero-order chi connectivity index (χ0) is 21.1. The molecule has 2 atom stereocenters. The van der Waals surface area contributed by atoms with E-state index in [2.05, 4.69) is 38.3 Å². The summed E-state index contributed by atoms with van der Waals surface area (Å²) in [5.41, 5.74) is 0.898. The number of nitrogens with one attached hydrogen (secondary N) is 2. The maximum absolute atomic E-state index is 12.7. The summed E-state index contributed by atoms with van der Waals surface area (Å²) < 4.78 is 0. The van der Waals surface area contributed by atoms with Crippen molar-refractivity contribution in [3.05, 3.63) is 35.4 Å². The Balaban J connectivity index is 2.65. The summed E-state index contributed by atoms with van der Waals surface area (Å²) in [5.74, 6) is 1.01. The van der Waals surface area contributed by atoms with Gasteiger partial charge >= 0.3 is 0 Å². The molecule has 0 bridgehead atoms. The molecule has 0 saturated heterocycles. The van der Waals surface area contributed by atoms with Crippen molar-refractivity contribution in [3.8, 4) is 0 Å². The third kappa shape index (κ3) is 9.38. The number of carbonyl (C=O) groups is 2. The van der Waals surface area contributed by atoms with Crippen LogP contribution in [0.3, 0.4) is 0 Å². The van der Waals surface area contributed by atoms with Crippen LogP contribution in [-0.4, -0.2) is 23.9 Å². The fourth-order valence-corrected chi connectivity index (χ4v) is 3.29. The molecule has 1 aromatic rings. The maximum atomic E-state index is 12.7. The molecule has 158 valence electrons. The van der Waals surface area contributed by atoms with Gasteiger partial charge in [-0.05, 0) is 50.7 Å². The van der Waals surface area contributed by atoms with Crippen LogP contribution >= 0.6 is 0 Å². The van der Waals surface area contributed by atoms with E-state index in [0.29, 0.717) is 23.0 Å². The van der Waals surface area contributed by atoms with E-state index in [-0.39, 0.29) is 23.9 Å². The number of carbonyl (C=O) groups excluding carboxylic acids is 2. The molecule has 0 unspecified atom stereocenters. The van der Waals surface area contributed by atoms with Gasteiger partial charge in [0.2, 0.25) is 0 Å².